The van der Waals surface area contributed by atoms with Gasteiger partial charge in [0, 0.05) is 18.1 Å². The number of amides is 1. The summed E-state index contributed by atoms with van der Waals surface area (Å²) in [5.41, 5.74) is -0.0191. The van der Waals surface area contributed by atoms with Crippen LogP contribution in [0.4, 0.5) is 5.69 Å². The Labute approximate surface area is 184 Å². The summed E-state index contributed by atoms with van der Waals surface area (Å²) in [5.74, 6) is -0.592. The second kappa shape index (κ2) is 9.99. The Kier molecular flexibility index (Phi) is 7.14. The van der Waals surface area contributed by atoms with Crippen LogP contribution in [-0.2, 0) is 9.53 Å². The van der Waals surface area contributed by atoms with Crippen LogP contribution in [0.25, 0.3) is 0 Å². The molecule has 0 spiro atoms. The third-order valence-corrected chi connectivity index (χ3v) is 4.93. The summed E-state index contributed by atoms with van der Waals surface area (Å²) in [6, 6.07) is 9.32. The van der Waals surface area contributed by atoms with E-state index < -0.39 is 28.6 Å². The van der Waals surface area contributed by atoms with Gasteiger partial charge in [-0.1, -0.05) is 18.2 Å². The molecule has 2 unspecified atom stereocenters. The molecule has 1 aliphatic heterocycles. The Balaban J connectivity index is 1.76. The summed E-state index contributed by atoms with van der Waals surface area (Å²) in [7, 11) is 1.33. The summed E-state index contributed by atoms with van der Waals surface area (Å²) in [6.07, 6.45) is -0.625. The van der Waals surface area contributed by atoms with Crippen molar-refractivity contribution in [1.29, 1.82) is 0 Å². The van der Waals surface area contributed by atoms with E-state index in [4.69, 9.17) is 18.9 Å². The molecule has 170 valence electrons. The average molecular weight is 444 g/mol. The first-order chi connectivity index (χ1) is 15.3. The minimum atomic E-state index is -1.19. The number of ether oxygens (including phenoxy) is 4. The number of benzene rings is 2. The van der Waals surface area contributed by atoms with E-state index in [1.807, 2.05) is 24.3 Å². The zero-order chi connectivity index (χ0) is 23.3. The van der Waals surface area contributed by atoms with Crippen LogP contribution in [0.1, 0.15) is 42.2 Å². The van der Waals surface area contributed by atoms with Gasteiger partial charge in [0.25, 0.3) is 11.6 Å². The van der Waals surface area contributed by atoms with Crippen LogP contribution in [0.5, 0.6) is 17.2 Å². The molecular weight excluding hydrogens is 420 g/mol. The lowest BCUT2D eigenvalue weighted by Gasteiger charge is -2.27. The molecule has 1 N–H and O–H groups in total. The van der Waals surface area contributed by atoms with Gasteiger partial charge in [0.15, 0.2) is 17.6 Å². The first kappa shape index (κ1) is 22.9. The first-order valence-electron chi connectivity index (χ1n) is 10.1. The molecule has 0 radical (unpaired) electrons. The van der Waals surface area contributed by atoms with Gasteiger partial charge in [0.1, 0.15) is 11.3 Å². The number of nitro groups is 1. The molecule has 2 aromatic carbocycles. The number of carbonyl (C=O) groups excluding carboxylic acids is 2. The van der Waals surface area contributed by atoms with E-state index in [9.17, 15) is 19.7 Å². The maximum Gasteiger partial charge on any atom is 0.346 e. The highest BCUT2D eigenvalue weighted by molar-refractivity contribution is 5.96. The van der Waals surface area contributed by atoms with Gasteiger partial charge in [-0.25, -0.2) is 4.79 Å². The molecule has 0 saturated heterocycles. The number of carbonyl (C=O) groups is 2. The van der Waals surface area contributed by atoms with Crippen molar-refractivity contribution in [1.82, 2.24) is 5.32 Å². The molecule has 2 aromatic rings. The maximum absolute atomic E-state index is 12.7. The van der Waals surface area contributed by atoms with Crippen molar-refractivity contribution in [3.05, 3.63) is 57.6 Å². The molecule has 0 bridgehead atoms. The van der Waals surface area contributed by atoms with Gasteiger partial charge in [-0.15, -0.1) is 0 Å². The van der Waals surface area contributed by atoms with Gasteiger partial charge in [-0.05, 0) is 19.9 Å². The number of hydrogen-bond acceptors (Lipinski definition) is 8. The van der Waals surface area contributed by atoms with Crippen LogP contribution in [-0.4, -0.2) is 43.2 Å². The van der Waals surface area contributed by atoms with Gasteiger partial charge in [-0.2, -0.15) is 0 Å². The lowest BCUT2D eigenvalue weighted by molar-refractivity contribution is -0.385. The van der Waals surface area contributed by atoms with Crippen LogP contribution in [0.2, 0.25) is 0 Å². The highest BCUT2D eigenvalue weighted by Gasteiger charge is 2.30. The first-order valence-corrected chi connectivity index (χ1v) is 10.1. The molecule has 0 aromatic heterocycles. The molecule has 1 aliphatic rings. The van der Waals surface area contributed by atoms with Crippen molar-refractivity contribution in [3.8, 4) is 17.2 Å². The number of nitrogens with zero attached hydrogens (tertiary/aromatic N) is 1. The van der Waals surface area contributed by atoms with Crippen molar-refractivity contribution in [3.63, 3.8) is 0 Å². The van der Waals surface area contributed by atoms with E-state index >= 15 is 0 Å². The molecule has 3 rings (SSSR count). The molecule has 1 amide bonds. The van der Waals surface area contributed by atoms with Crippen molar-refractivity contribution >= 4 is 17.6 Å². The number of hydrogen-bond donors (Lipinski definition) is 1. The summed E-state index contributed by atoms with van der Waals surface area (Å²) in [5, 5.41) is 14.3. The number of esters is 1. The van der Waals surface area contributed by atoms with E-state index in [-0.39, 0.29) is 29.7 Å². The van der Waals surface area contributed by atoms with E-state index in [1.54, 1.807) is 6.92 Å². The van der Waals surface area contributed by atoms with Crippen LogP contribution in [0.3, 0.4) is 0 Å². The van der Waals surface area contributed by atoms with Crippen molar-refractivity contribution in [2.24, 2.45) is 0 Å². The highest BCUT2D eigenvalue weighted by atomic mass is 16.6. The third-order valence-electron chi connectivity index (χ3n) is 4.93. The van der Waals surface area contributed by atoms with Gasteiger partial charge in [0.2, 0.25) is 0 Å². The SMILES string of the molecule is CCOc1cc(C(=O)OC(C)C(=O)NC2CCOc3ccccc32)c([N+](=O)[O-])cc1OC. The van der Waals surface area contributed by atoms with Crippen molar-refractivity contribution in [2.75, 3.05) is 20.3 Å². The summed E-state index contributed by atoms with van der Waals surface area (Å²) >= 11 is 0. The highest BCUT2D eigenvalue weighted by Crippen LogP contribution is 2.35. The van der Waals surface area contributed by atoms with Crippen LogP contribution in [0.15, 0.2) is 36.4 Å². The lowest BCUT2D eigenvalue weighted by Crippen LogP contribution is -2.39. The molecule has 0 fully saturated rings. The zero-order valence-electron chi connectivity index (χ0n) is 18.0. The van der Waals surface area contributed by atoms with Crippen molar-refractivity contribution < 1.29 is 33.5 Å². The fourth-order valence-corrected chi connectivity index (χ4v) is 3.35. The molecule has 2 atom stereocenters. The smallest absolute Gasteiger partial charge is 0.346 e. The molecule has 0 saturated carbocycles. The minimum absolute atomic E-state index is 0.110. The van der Waals surface area contributed by atoms with Gasteiger partial charge in [-0.3, -0.25) is 14.9 Å². The predicted octanol–water partition coefficient (Wildman–Crippen LogP) is 3.19. The number of methoxy groups -OCH3 is 1. The second-order valence-corrected chi connectivity index (χ2v) is 6.99. The molecule has 10 heteroatoms. The monoisotopic (exact) mass is 444 g/mol. The summed E-state index contributed by atoms with van der Waals surface area (Å²) in [6.45, 7) is 3.82. The van der Waals surface area contributed by atoms with Gasteiger partial charge >= 0.3 is 5.97 Å². The molecule has 1 heterocycles. The fourth-order valence-electron chi connectivity index (χ4n) is 3.35. The standard InChI is InChI=1S/C22H24N2O8/c1-4-30-20-11-15(17(24(27)28)12-19(20)29-3)22(26)32-13(2)21(25)23-16-9-10-31-18-8-6-5-7-14(16)18/h5-8,11-13,16H,4,9-10H2,1-3H3,(H,23,25). The van der Waals surface area contributed by atoms with Gasteiger partial charge in [0.05, 0.1) is 37.4 Å². The van der Waals surface area contributed by atoms with E-state index in [0.29, 0.717) is 18.8 Å². The largest absolute Gasteiger partial charge is 0.493 e. The Morgan fingerprint density at radius 2 is 2.03 bits per heavy atom. The molecule has 10 nitrogen and oxygen atoms in total. The normalized spacial score (nSPS) is 15.5. The molecule has 32 heavy (non-hydrogen) atoms. The van der Waals surface area contributed by atoms with Crippen molar-refractivity contribution in [2.45, 2.75) is 32.4 Å². The van der Waals surface area contributed by atoms with E-state index in [2.05, 4.69) is 5.32 Å². The molecule has 0 aliphatic carbocycles. The third kappa shape index (κ3) is 4.90. The number of nitro benzene ring substituents is 1. The minimum Gasteiger partial charge on any atom is -0.493 e. The Bertz CT molecular complexity index is 1020. The summed E-state index contributed by atoms with van der Waals surface area (Å²) < 4.78 is 21.3. The number of fused-ring (bicyclic) bond motifs is 1. The van der Waals surface area contributed by atoms with E-state index in [1.165, 1.54) is 20.1 Å². The average Bonchev–Trinajstić information content (AvgIpc) is 2.79. The second-order valence-electron chi connectivity index (χ2n) is 6.99. The van der Waals surface area contributed by atoms with Crippen LogP contribution in [0, 0.1) is 10.1 Å². The number of rotatable bonds is 8. The van der Waals surface area contributed by atoms with Gasteiger partial charge < -0.3 is 24.3 Å². The fraction of sp³-hybridized carbons (Fsp3) is 0.364. The van der Waals surface area contributed by atoms with Crippen LogP contribution < -0.4 is 19.5 Å². The Morgan fingerprint density at radius 1 is 1.28 bits per heavy atom. The number of para-hydroxylation sites is 1. The topological polar surface area (TPSA) is 126 Å². The van der Waals surface area contributed by atoms with E-state index in [0.717, 1.165) is 11.6 Å². The Morgan fingerprint density at radius 3 is 2.72 bits per heavy atom. The zero-order valence-corrected chi connectivity index (χ0v) is 18.0. The Hall–Kier alpha value is -3.82. The predicted molar refractivity (Wildman–Crippen MR) is 113 cm³/mol. The number of nitrogens with one attached hydrogen (secondary N) is 1. The van der Waals surface area contributed by atoms with Crippen LogP contribution >= 0.6 is 0 Å². The molecular formula is C22H24N2O8. The quantitative estimate of drug-likeness (QED) is 0.374. The summed E-state index contributed by atoms with van der Waals surface area (Å²) in [4.78, 5) is 36.1. The maximum atomic E-state index is 12.7. The lowest BCUT2D eigenvalue weighted by atomic mass is 10.0.